The van der Waals surface area contributed by atoms with Gasteiger partial charge in [0.2, 0.25) is 0 Å². The van der Waals surface area contributed by atoms with E-state index in [0.717, 1.165) is 11.4 Å². The third kappa shape index (κ3) is 1.93. The van der Waals surface area contributed by atoms with E-state index in [9.17, 15) is 5.11 Å². The van der Waals surface area contributed by atoms with Crippen LogP contribution in [0.25, 0.3) is 0 Å². The second-order valence-electron chi connectivity index (χ2n) is 3.05. The average Bonchev–Trinajstić information content (AvgIpc) is 1.85. The molecular formula is C9H13NO. The van der Waals surface area contributed by atoms with E-state index < -0.39 is 0 Å². The van der Waals surface area contributed by atoms with Crippen LogP contribution in [-0.4, -0.2) is 10.1 Å². The second kappa shape index (κ2) is 2.91. The Balaban J connectivity index is 3.08. The minimum Gasteiger partial charge on any atom is -0.508 e. The molecule has 1 N–H and O–H groups in total. The second-order valence-corrected chi connectivity index (χ2v) is 3.05. The van der Waals surface area contributed by atoms with Crippen LogP contribution < -0.4 is 0 Å². The molecule has 11 heavy (non-hydrogen) atoms. The highest BCUT2D eigenvalue weighted by molar-refractivity contribution is 5.26. The van der Waals surface area contributed by atoms with Gasteiger partial charge in [-0.1, -0.05) is 13.8 Å². The zero-order valence-electron chi connectivity index (χ0n) is 7.13. The molecule has 0 atom stereocenters. The van der Waals surface area contributed by atoms with Gasteiger partial charge in [-0.2, -0.15) is 0 Å². The van der Waals surface area contributed by atoms with E-state index in [4.69, 9.17) is 0 Å². The van der Waals surface area contributed by atoms with Gasteiger partial charge in [-0.25, -0.2) is 0 Å². The first-order valence-corrected chi connectivity index (χ1v) is 3.77. The topological polar surface area (TPSA) is 33.1 Å². The van der Waals surface area contributed by atoms with Crippen LogP contribution in [0.5, 0.6) is 5.75 Å². The summed E-state index contributed by atoms with van der Waals surface area (Å²) in [5, 5.41) is 9.20. The van der Waals surface area contributed by atoms with Gasteiger partial charge in [-0.15, -0.1) is 0 Å². The Bertz CT molecular complexity index is 235. The van der Waals surface area contributed by atoms with E-state index >= 15 is 0 Å². The van der Waals surface area contributed by atoms with Crippen LogP contribution in [0.4, 0.5) is 0 Å². The highest BCUT2D eigenvalue weighted by atomic mass is 16.3. The normalized spacial score (nSPS) is 10.5. The van der Waals surface area contributed by atoms with Gasteiger partial charge in [-0.3, -0.25) is 4.98 Å². The molecule has 1 rings (SSSR count). The van der Waals surface area contributed by atoms with E-state index in [1.807, 2.05) is 6.92 Å². The molecule has 0 aromatic carbocycles. The molecule has 2 heteroatoms. The molecule has 0 bridgehead atoms. The SMILES string of the molecule is Cc1cc(O)cc(C(C)C)n1. The summed E-state index contributed by atoms with van der Waals surface area (Å²) in [6.07, 6.45) is 0. The largest absolute Gasteiger partial charge is 0.508 e. The highest BCUT2D eigenvalue weighted by Crippen LogP contribution is 2.17. The van der Waals surface area contributed by atoms with Crippen molar-refractivity contribution in [1.29, 1.82) is 0 Å². The molecule has 0 fully saturated rings. The maximum atomic E-state index is 9.20. The number of aryl methyl sites for hydroxylation is 1. The number of hydrogen-bond donors (Lipinski definition) is 1. The highest BCUT2D eigenvalue weighted by Gasteiger charge is 2.02. The van der Waals surface area contributed by atoms with Crippen LogP contribution in [0.1, 0.15) is 31.2 Å². The standard InChI is InChI=1S/C9H13NO/c1-6(2)9-5-8(11)4-7(3)10-9/h4-6H,1-3H3,(H,10,11). The fraction of sp³-hybridized carbons (Fsp3) is 0.444. The molecule has 0 aliphatic carbocycles. The molecule has 60 valence electrons. The minimum absolute atomic E-state index is 0.307. The number of hydrogen-bond acceptors (Lipinski definition) is 2. The minimum atomic E-state index is 0.307. The Morgan fingerprint density at radius 1 is 1.36 bits per heavy atom. The van der Waals surface area contributed by atoms with Crippen molar-refractivity contribution in [3.63, 3.8) is 0 Å². The van der Waals surface area contributed by atoms with Crippen LogP contribution in [0.2, 0.25) is 0 Å². The first-order valence-electron chi connectivity index (χ1n) is 3.77. The number of nitrogens with zero attached hydrogens (tertiary/aromatic N) is 1. The first-order chi connectivity index (χ1) is 5.09. The summed E-state index contributed by atoms with van der Waals surface area (Å²) in [6, 6.07) is 3.36. The fourth-order valence-electron chi connectivity index (χ4n) is 0.971. The lowest BCUT2D eigenvalue weighted by molar-refractivity contribution is 0.472. The predicted octanol–water partition coefficient (Wildman–Crippen LogP) is 2.22. The van der Waals surface area contributed by atoms with Crippen molar-refractivity contribution in [2.24, 2.45) is 0 Å². The van der Waals surface area contributed by atoms with E-state index in [0.29, 0.717) is 11.7 Å². The Morgan fingerprint density at radius 3 is 2.45 bits per heavy atom. The van der Waals surface area contributed by atoms with Gasteiger partial charge in [-0.05, 0) is 12.8 Å². The van der Waals surface area contributed by atoms with Crippen molar-refractivity contribution >= 4 is 0 Å². The summed E-state index contributed by atoms with van der Waals surface area (Å²) >= 11 is 0. The maximum absolute atomic E-state index is 9.20. The lowest BCUT2D eigenvalue weighted by Gasteiger charge is -2.05. The predicted molar refractivity (Wildman–Crippen MR) is 44.7 cm³/mol. The number of aromatic hydroxyl groups is 1. The molecule has 2 nitrogen and oxygen atoms in total. The molecule has 0 unspecified atom stereocenters. The molecule has 0 aliphatic rings. The number of rotatable bonds is 1. The molecule has 0 radical (unpaired) electrons. The summed E-state index contributed by atoms with van der Waals surface area (Å²) in [7, 11) is 0. The van der Waals surface area contributed by atoms with Gasteiger partial charge in [0.05, 0.1) is 0 Å². The average molecular weight is 151 g/mol. The summed E-state index contributed by atoms with van der Waals surface area (Å²) in [4.78, 5) is 4.27. The number of aromatic nitrogens is 1. The summed E-state index contributed by atoms with van der Waals surface area (Å²) in [5.74, 6) is 0.682. The molecule has 0 amide bonds. The molecule has 0 spiro atoms. The Hall–Kier alpha value is -1.05. The van der Waals surface area contributed by atoms with Crippen LogP contribution in [0.3, 0.4) is 0 Å². The summed E-state index contributed by atoms with van der Waals surface area (Å²) < 4.78 is 0. The number of pyridine rings is 1. The third-order valence-electron chi connectivity index (χ3n) is 1.55. The zero-order chi connectivity index (χ0) is 8.43. The lowest BCUT2D eigenvalue weighted by atomic mass is 10.1. The van der Waals surface area contributed by atoms with Crippen molar-refractivity contribution in [2.45, 2.75) is 26.7 Å². The van der Waals surface area contributed by atoms with E-state index in [2.05, 4.69) is 18.8 Å². The molecule has 0 saturated heterocycles. The van der Waals surface area contributed by atoms with Gasteiger partial charge < -0.3 is 5.11 Å². The Labute approximate surface area is 66.9 Å². The van der Waals surface area contributed by atoms with Crippen molar-refractivity contribution in [2.75, 3.05) is 0 Å². The monoisotopic (exact) mass is 151 g/mol. The van der Waals surface area contributed by atoms with E-state index in [-0.39, 0.29) is 0 Å². The lowest BCUT2D eigenvalue weighted by Crippen LogP contribution is -1.93. The van der Waals surface area contributed by atoms with Gasteiger partial charge in [0.1, 0.15) is 5.75 Å². The summed E-state index contributed by atoms with van der Waals surface area (Å²) in [6.45, 7) is 5.99. The Kier molecular flexibility index (Phi) is 2.13. The summed E-state index contributed by atoms with van der Waals surface area (Å²) in [5.41, 5.74) is 1.82. The molecule has 0 aliphatic heterocycles. The molecule has 1 heterocycles. The van der Waals surface area contributed by atoms with Crippen LogP contribution in [0, 0.1) is 6.92 Å². The third-order valence-corrected chi connectivity index (χ3v) is 1.55. The van der Waals surface area contributed by atoms with Crippen molar-refractivity contribution in [1.82, 2.24) is 4.98 Å². The molecular weight excluding hydrogens is 138 g/mol. The molecule has 1 aromatic rings. The van der Waals surface area contributed by atoms with Gasteiger partial charge in [0.15, 0.2) is 0 Å². The maximum Gasteiger partial charge on any atom is 0.119 e. The molecule has 1 aromatic heterocycles. The van der Waals surface area contributed by atoms with Gasteiger partial charge >= 0.3 is 0 Å². The van der Waals surface area contributed by atoms with Gasteiger partial charge in [0.25, 0.3) is 0 Å². The zero-order valence-corrected chi connectivity index (χ0v) is 7.13. The van der Waals surface area contributed by atoms with E-state index in [1.165, 1.54) is 0 Å². The van der Waals surface area contributed by atoms with Crippen LogP contribution in [-0.2, 0) is 0 Å². The van der Waals surface area contributed by atoms with E-state index in [1.54, 1.807) is 12.1 Å². The van der Waals surface area contributed by atoms with Crippen molar-refractivity contribution in [3.05, 3.63) is 23.5 Å². The fourth-order valence-corrected chi connectivity index (χ4v) is 0.971. The quantitative estimate of drug-likeness (QED) is 0.667. The smallest absolute Gasteiger partial charge is 0.119 e. The van der Waals surface area contributed by atoms with Gasteiger partial charge in [0, 0.05) is 23.5 Å². The first kappa shape index (κ1) is 8.05. The van der Waals surface area contributed by atoms with Crippen LogP contribution in [0.15, 0.2) is 12.1 Å². The Morgan fingerprint density at radius 2 is 2.00 bits per heavy atom. The van der Waals surface area contributed by atoms with Crippen LogP contribution >= 0.6 is 0 Å². The van der Waals surface area contributed by atoms with Crippen molar-refractivity contribution in [3.8, 4) is 5.75 Å². The van der Waals surface area contributed by atoms with Crippen molar-refractivity contribution < 1.29 is 5.11 Å². The molecule has 0 saturated carbocycles.